The molecule has 2 heterocycles. The summed E-state index contributed by atoms with van der Waals surface area (Å²) in [7, 11) is 3.15. The van der Waals surface area contributed by atoms with Crippen molar-refractivity contribution in [1.82, 2.24) is 4.90 Å². The number of aliphatic hydroxyl groups is 1. The normalized spacial score (nSPS) is 15.9. The van der Waals surface area contributed by atoms with Crippen LogP contribution < -0.4 is 9.47 Å². The van der Waals surface area contributed by atoms with Crippen molar-refractivity contribution < 1.29 is 24.2 Å². The molecule has 1 aliphatic rings. The second-order valence-electron chi connectivity index (χ2n) is 7.32. The molecule has 1 amide bonds. The molecule has 1 aromatic heterocycles. The molecule has 4 rings (SSSR count). The van der Waals surface area contributed by atoms with E-state index in [1.165, 1.54) is 11.3 Å². The Morgan fingerprint density at radius 1 is 1.03 bits per heavy atom. The number of hydrogen-bond donors (Lipinski definition) is 1. The molecule has 1 aliphatic heterocycles. The van der Waals surface area contributed by atoms with Gasteiger partial charge < -0.3 is 19.5 Å². The standard InChI is InChI=1S/C25H23NO5S/c1-30-18-11-10-16(15-19(18)31-2)12-13-26-22(17-7-4-3-5-8-17)21(24(28)25(26)29)23(27)20-9-6-14-32-20/h3-11,14-15,22,28H,12-13H2,1-2H3/t22-/m1/s1. The SMILES string of the molecule is COc1ccc(CCN2C(=O)C(O)=C(C(=O)c3cccs3)[C@H]2c2ccccc2)cc1OC. The maximum absolute atomic E-state index is 13.2. The fourth-order valence-corrected chi connectivity index (χ4v) is 4.60. The number of methoxy groups -OCH3 is 2. The first-order valence-electron chi connectivity index (χ1n) is 10.1. The first-order chi connectivity index (χ1) is 15.5. The van der Waals surface area contributed by atoms with Crippen molar-refractivity contribution in [2.45, 2.75) is 12.5 Å². The lowest BCUT2D eigenvalue weighted by Gasteiger charge is -2.27. The van der Waals surface area contributed by atoms with Gasteiger partial charge in [-0.3, -0.25) is 9.59 Å². The van der Waals surface area contributed by atoms with Crippen LogP contribution in [0.3, 0.4) is 0 Å². The van der Waals surface area contributed by atoms with E-state index < -0.39 is 17.7 Å². The highest BCUT2D eigenvalue weighted by atomic mass is 32.1. The zero-order valence-electron chi connectivity index (χ0n) is 17.8. The molecule has 0 spiro atoms. The first kappa shape index (κ1) is 21.6. The summed E-state index contributed by atoms with van der Waals surface area (Å²) in [6.07, 6.45) is 0.517. The Kier molecular flexibility index (Phi) is 6.28. The predicted octanol–water partition coefficient (Wildman–Crippen LogP) is 4.59. The van der Waals surface area contributed by atoms with Crippen LogP contribution in [-0.4, -0.2) is 42.5 Å². The van der Waals surface area contributed by atoms with Gasteiger partial charge in [0, 0.05) is 6.54 Å². The van der Waals surface area contributed by atoms with Gasteiger partial charge in [0.05, 0.1) is 30.7 Å². The van der Waals surface area contributed by atoms with Gasteiger partial charge >= 0.3 is 0 Å². The van der Waals surface area contributed by atoms with Crippen molar-refractivity contribution in [1.29, 1.82) is 0 Å². The number of thiophene rings is 1. The lowest BCUT2D eigenvalue weighted by atomic mass is 9.95. The number of hydrogen-bond acceptors (Lipinski definition) is 6. The summed E-state index contributed by atoms with van der Waals surface area (Å²) in [5.74, 6) is -0.122. The lowest BCUT2D eigenvalue weighted by Crippen LogP contribution is -2.33. The van der Waals surface area contributed by atoms with Crippen LogP contribution in [-0.2, 0) is 11.2 Å². The summed E-state index contributed by atoms with van der Waals surface area (Å²) in [5, 5.41) is 12.5. The Morgan fingerprint density at radius 2 is 1.78 bits per heavy atom. The second kappa shape index (κ2) is 9.28. The highest BCUT2D eigenvalue weighted by Gasteiger charge is 2.43. The van der Waals surface area contributed by atoms with Crippen LogP contribution in [0.15, 0.2) is 77.4 Å². The third-order valence-electron chi connectivity index (χ3n) is 5.50. The van der Waals surface area contributed by atoms with Crippen molar-refractivity contribution >= 4 is 23.0 Å². The highest BCUT2D eigenvalue weighted by Crippen LogP contribution is 2.39. The van der Waals surface area contributed by atoms with E-state index in [0.29, 0.717) is 29.3 Å². The van der Waals surface area contributed by atoms with E-state index in [0.717, 1.165) is 11.1 Å². The van der Waals surface area contributed by atoms with Crippen LogP contribution in [0.4, 0.5) is 0 Å². The van der Waals surface area contributed by atoms with E-state index >= 15 is 0 Å². The minimum absolute atomic E-state index is 0.121. The minimum atomic E-state index is -0.654. The van der Waals surface area contributed by atoms with Crippen molar-refractivity contribution in [2.24, 2.45) is 0 Å². The number of aliphatic hydroxyl groups excluding tert-OH is 1. The van der Waals surface area contributed by atoms with Crippen LogP contribution in [0.2, 0.25) is 0 Å². The summed E-state index contributed by atoms with van der Waals surface area (Å²) in [5.41, 5.74) is 1.84. The van der Waals surface area contributed by atoms with E-state index in [1.807, 2.05) is 48.5 Å². The molecule has 0 unspecified atom stereocenters. The number of ketones is 1. The summed E-state index contributed by atoms with van der Waals surface area (Å²) in [6.45, 7) is 0.319. The predicted molar refractivity (Wildman–Crippen MR) is 122 cm³/mol. The topological polar surface area (TPSA) is 76.1 Å². The van der Waals surface area contributed by atoms with Crippen LogP contribution >= 0.6 is 11.3 Å². The van der Waals surface area contributed by atoms with Gasteiger partial charge in [-0.25, -0.2) is 0 Å². The summed E-state index contributed by atoms with van der Waals surface area (Å²) < 4.78 is 10.7. The Labute approximate surface area is 190 Å². The van der Waals surface area contributed by atoms with Crippen LogP contribution in [0.5, 0.6) is 11.5 Å². The number of amides is 1. The molecular weight excluding hydrogens is 426 g/mol. The van der Waals surface area contributed by atoms with Gasteiger partial charge in [0.2, 0.25) is 5.78 Å². The van der Waals surface area contributed by atoms with E-state index in [-0.39, 0.29) is 11.4 Å². The van der Waals surface area contributed by atoms with Gasteiger partial charge in [-0.1, -0.05) is 42.5 Å². The number of rotatable bonds is 8. The molecule has 1 atom stereocenters. The van der Waals surface area contributed by atoms with Gasteiger partial charge in [0.1, 0.15) is 0 Å². The van der Waals surface area contributed by atoms with E-state index in [2.05, 4.69) is 0 Å². The number of carbonyl (C=O) groups is 2. The maximum Gasteiger partial charge on any atom is 0.290 e. The maximum atomic E-state index is 13.2. The molecule has 0 radical (unpaired) electrons. The molecule has 0 fully saturated rings. The van der Waals surface area contributed by atoms with Crippen molar-refractivity contribution in [3.63, 3.8) is 0 Å². The highest BCUT2D eigenvalue weighted by molar-refractivity contribution is 7.12. The van der Waals surface area contributed by atoms with Crippen molar-refractivity contribution in [2.75, 3.05) is 20.8 Å². The smallest absolute Gasteiger partial charge is 0.290 e. The number of carbonyl (C=O) groups excluding carboxylic acids is 2. The first-order valence-corrected chi connectivity index (χ1v) is 11.0. The number of Topliss-reactive ketones (excluding diaryl/α,β-unsaturated/α-hetero) is 1. The van der Waals surface area contributed by atoms with Crippen LogP contribution in [0, 0.1) is 0 Å². The van der Waals surface area contributed by atoms with Gasteiger partial charge in [0.25, 0.3) is 5.91 Å². The third-order valence-corrected chi connectivity index (χ3v) is 6.37. The fraction of sp³-hybridized carbons (Fsp3) is 0.200. The molecule has 7 heteroatoms. The second-order valence-corrected chi connectivity index (χ2v) is 8.27. The Morgan fingerprint density at radius 3 is 2.44 bits per heavy atom. The van der Waals surface area contributed by atoms with E-state index in [9.17, 15) is 14.7 Å². The molecule has 6 nitrogen and oxygen atoms in total. The molecule has 164 valence electrons. The average molecular weight is 450 g/mol. The van der Waals surface area contributed by atoms with Gasteiger partial charge in [-0.2, -0.15) is 0 Å². The third kappa shape index (κ3) is 3.99. The molecule has 32 heavy (non-hydrogen) atoms. The van der Waals surface area contributed by atoms with Crippen molar-refractivity contribution in [3.05, 3.63) is 93.4 Å². The van der Waals surface area contributed by atoms with E-state index in [4.69, 9.17) is 9.47 Å². The molecular formula is C25H23NO5S. The fourth-order valence-electron chi connectivity index (χ4n) is 3.92. The quantitative estimate of drug-likeness (QED) is 0.509. The molecule has 2 aromatic carbocycles. The van der Waals surface area contributed by atoms with Crippen LogP contribution in [0.1, 0.15) is 26.8 Å². The van der Waals surface area contributed by atoms with Crippen LogP contribution in [0.25, 0.3) is 0 Å². The van der Waals surface area contributed by atoms with Gasteiger partial charge in [-0.05, 0) is 41.1 Å². The molecule has 0 bridgehead atoms. The average Bonchev–Trinajstić information content (AvgIpc) is 3.45. The molecule has 0 saturated heterocycles. The molecule has 0 aliphatic carbocycles. The zero-order valence-corrected chi connectivity index (χ0v) is 18.6. The Bertz CT molecular complexity index is 1150. The van der Waals surface area contributed by atoms with Gasteiger partial charge in [0.15, 0.2) is 17.3 Å². The molecule has 3 aromatic rings. The Balaban J connectivity index is 1.66. The van der Waals surface area contributed by atoms with Crippen molar-refractivity contribution in [3.8, 4) is 11.5 Å². The monoisotopic (exact) mass is 449 g/mol. The van der Waals surface area contributed by atoms with Gasteiger partial charge in [-0.15, -0.1) is 11.3 Å². The molecule has 1 N–H and O–H groups in total. The summed E-state index contributed by atoms with van der Waals surface area (Å²) >= 11 is 1.29. The molecule has 0 saturated carbocycles. The largest absolute Gasteiger partial charge is 0.503 e. The minimum Gasteiger partial charge on any atom is -0.503 e. The Hall–Kier alpha value is -3.58. The summed E-state index contributed by atoms with van der Waals surface area (Å²) in [6, 6.07) is 17.7. The lowest BCUT2D eigenvalue weighted by molar-refractivity contribution is -0.129. The number of ether oxygens (including phenoxy) is 2. The number of nitrogens with zero attached hydrogens (tertiary/aromatic N) is 1. The van der Waals surface area contributed by atoms with E-state index in [1.54, 1.807) is 36.6 Å². The summed E-state index contributed by atoms with van der Waals surface area (Å²) in [4.78, 5) is 28.3. The zero-order chi connectivity index (χ0) is 22.7. The number of benzene rings is 2.